The maximum absolute atomic E-state index is 6.05. The zero-order chi connectivity index (χ0) is 20.2. The van der Waals surface area contributed by atoms with Gasteiger partial charge in [0.1, 0.15) is 23.4 Å². The molecular formula is C23H24N6O. The van der Waals surface area contributed by atoms with Crippen molar-refractivity contribution >= 4 is 39.3 Å². The highest BCUT2D eigenvalue weighted by Gasteiger charge is 2.09. The van der Waals surface area contributed by atoms with E-state index < -0.39 is 0 Å². The fourth-order valence-corrected chi connectivity index (χ4v) is 3.76. The standard InChI is InChI=1S/C23H24N6O/c1-2-4-11-24-22-18-13-17(9-10-19(18)26-15-27-22)28-23-25-14-16-7-6-8-20(21(16)29-23)30-12-5-3-1/h6-10,13-15H,1-5,11-12H2,(H,24,26,27)(H,25,28,29). The second kappa shape index (κ2) is 8.49. The smallest absolute Gasteiger partial charge is 0.227 e. The third kappa shape index (κ3) is 3.96. The van der Waals surface area contributed by atoms with Crippen LogP contribution < -0.4 is 15.4 Å². The number of para-hydroxylation sites is 1. The number of hydrogen-bond acceptors (Lipinski definition) is 7. The van der Waals surface area contributed by atoms with Gasteiger partial charge < -0.3 is 15.4 Å². The third-order valence-electron chi connectivity index (χ3n) is 5.34. The largest absolute Gasteiger partial charge is 0.491 e. The molecule has 0 amide bonds. The van der Waals surface area contributed by atoms with Crippen LogP contribution in [0.4, 0.5) is 17.5 Å². The van der Waals surface area contributed by atoms with Crippen molar-refractivity contribution in [2.45, 2.75) is 32.1 Å². The lowest BCUT2D eigenvalue weighted by Gasteiger charge is -2.12. The molecule has 7 nitrogen and oxygen atoms in total. The quantitative estimate of drug-likeness (QED) is 0.426. The van der Waals surface area contributed by atoms with Gasteiger partial charge in [0.15, 0.2) is 0 Å². The van der Waals surface area contributed by atoms with Crippen LogP contribution in [0.25, 0.3) is 21.8 Å². The zero-order valence-corrected chi connectivity index (χ0v) is 16.8. The van der Waals surface area contributed by atoms with E-state index in [1.165, 1.54) is 12.8 Å². The van der Waals surface area contributed by atoms with Crippen LogP contribution in [-0.2, 0) is 0 Å². The van der Waals surface area contributed by atoms with Crippen LogP contribution in [0.1, 0.15) is 32.1 Å². The SMILES string of the molecule is c1cc2c3nc(ncc3c1)Nc1ccc3ncnc(c3c1)NCCCCCCCO2. The number of fused-ring (bicyclic) bond motifs is 2. The zero-order valence-electron chi connectivity index (χ0n) is 16.8. The highest BCUT2D eigenvalue weighted by molar-refractivity contribution is 5.92. The van der Waals surface area contributed by atoms with E-state index in [1.807, 2.05) is 42.6 Å². The molecule has 2 aromatic heterocycles. The van der Waals surface area contributed by atoms with E-state index >= 15 is 0 Å². The predicted molar refractivity (Wildman–Crippen MR) is 119 cm³/mol. The molecule has 1 aliphatic rings. The summed E-state index contributed by atoms with van der Waals surface area (Å²) in [5, 5.41) is 8.73. The van der Waals surface area contributed by atoms with E-state index in [1.54, 1.807) is 6.33 Å². The highest BCUT2D eigenvalue weighted by atomic mass is 16.5. The molecule has 0 saturated heterocycles. The summed E-state index contributed by atoms with van der Waals surface area (Å²) in [6.45, 7) is 1.60. The van der Waals surface area contributed by atoms with Crippen molar-refractivity contribution in [3.63, 3.8) is 0 Å². The summed E-state index contributed by atoms with van der Waals surface area (Å²) in [6, 6.07) is 12.0. The molecule has 0 atom stereocenters. The van der Waals surface area contributed by atoms with Gasteiger partial charge >= 0.3 is 0 Å². The first-order chi connectivity index (χ1) is 14.9. The summed E-state index contributed by atoms with van der Waals surface area (Å²) < 4.78 is 6.05. The minimum absolute atomic E-state index is 0.533. The first-order valence-electron chi connectivity index (χ1n) is 10.5. The molecule has 2 N–H and O–H groups in total. The molecule has 0 aliphatic carbocycles. The van der Waals surface area contributed by atoms with Gasteiger partial charge in [-0.25, -0.2) is 19.9 Å². The first-order valence-corrected chi connectivity index (χ1v) is 10.5. The van der Waals surface area contributed by atoms with Gasteiger partial charge in [-0.1, -0.05) is 31.4 Å². The molecule has 152 valence electrons. The van der Waals surface area contributed by atoms with Crippen LogP contribution in [0.5, 0.6) is 5.75 Å². The van der Waals surface area contributed by atoms with Crippen molar-refractivity contribution in [1.82, 2.24) is 19.9 Å². The Morgan fingerprint density at radius 2 is 1.83 bits per heavy atom. The molecule has 0 saturated carbocycles. The van der Waals surface area contributed by atoms with E-state index in [4.69, 9.17) is 9.72 Å². The third-order valence-corrected chi connectivity index (χ3v) is 5.34. The number of aromatic nitrogens is 4. The van der Waals surface area contributed by atoms with E-state index in [0.717, 1.165) is 64.9 Å². The van der Waals surface area contributed by atoms with E-state index in [2.05, 4.69) is 25.6 Å². The molecule has 0 unspecified atom stereocenters. The van der Waals surface area contributed by atoms with Crippen molar-refractivity contribution in [3.05, 3.63) is 48.9 Å². The van der Waals surface area contributed by atoms with Crippen molar-refractivity contribution < 1.29 is 4.74 Å². The lowest BCUT2D eigenvalue weighted by molar-refractivity contribution is 0.307. The fraction of sp³-hybridized carbons (Fsp3) is 0.304. The Balaban J connectivity index is 1.54. The number of ether oxygens (including phenoxy) is 1. The Morgan fingerprint density at radius 3 is 2.83 bits per heavy atom. The van der Waals surface area contributed by atoms with Gasteiger partial charge in [-0.15, -0.1) is 0 Å². The molecule has 0 fully saturated rings. The summed E-state index contributed by atoms with van der Waals surface area (Å²) in [4.78, 5) is 18.0. The minimum atomic E-state index is 0.533. The fourth-order valence-electron chi connectivity index (χ4n) is 3.76. The summed E-state index contributed by atoms with van der Waals surface area (Å²) in [5.41, 5.74) is 2.62. The van der Waals surface area contributed by atoms with Crippen molar-refractivity contribution in [2.75, 3.05) is 23.8 Å². The molecule has 30 heavy (non-hydrogen) atoms. The lowest BCUT2D eigenvalue weighted by atomic mass is 10.1. The molecule has 4 bridgehead atoms. The maximum atomic E-state index is 6.05. The predicted octanol–water partition coefficient (Wildman–Crippen LogP) is 5.07. The van der Waals surface area contributed by atoms with Crippen LogP contribution in [0.15, 0.2) is 48.9 Å². The van der Waals surface area contributed by atoms with Gasteiger partial charge in [0.2, 0.25) is 5.95 Å². The van der Waals surface area contributed by atoms with Crippen molar-refractivity contribution in [2.24, 2.45) is 0 Å². The molecule has 5 rings (SSSR count). The summed E-state index contributed by atoms with van der Waals surface area (Å²) in [5.74, 6) is 2.20. The average molecular weight is 400 g/mol. The van der Waals surface area contributed by atoms with Crippen molar-refractivity contribution in [1.29, 1.82) is 0 Å². The molecule has 0 radical (unpaired) electrons. The maximum Gasteiger partial charge on any atom is 0.227 e. The van der Waals surface area contributed by atoms with E-state index in [9.17, 15) is 0 Å². The topological polar surface area (TPSA) is 84.9 Å². The van der Waals surface area contributed by atoms with E-state index in [0.29, 0.717) is 12.6 Å². The highest BCUT2D eigenvalue weighted by Crippen LogP contribution is 2.27. The second-order valence-corrected chi connectivity index (χ2v) is 7.51. The normalized spacial score (nSPS) is 15.2. The molecule has 1 aliphatic heterocycles. The lowest BCUT2D eigenvalue weighted by Crippen LogP contribution is -2.05. The Kier molecular flexibility index (Phi) is 5.25. The number of rotatable bonds is 0. The minimum Gasteiger partial charge on any atom is -0.491 e. The summed E-state index contributed by atoms with van der Waals surface area (Å²) >= 11 is 0. The van der Waals surface area contributed by atoms with Gasteiger partial charge in [-0.3, -0.25) is 0 Å². The summed E-state index contributed by atoms with van der Waals surface area (Å²) in [7, 11) is 0. The number of nitrogens with zero attached hydrogens (tertiary/aromatic N) is 4. The Labute approximate surface area is 174 Å². The molecule has 7 heteroatoms. The monoisotopic (exact) mass is 400 g/mol. The molecule has 0 spiro atoms. The Morgan fingerprint density at radius 1 is 0.900 bits per heavy atom. The van der Waals surface area contributed by atoms with Gasteiger partial charge in [0.25, 0.3) is 0 Å². The van der Waals surface area contributed by atoms with Gasteiger partial charge in [0.05, 0.1) is 12.1 Å². The molecular weight excluding hydrogens is 376 g/mol. The number of anilines is 3. The van der Waals surface area contributed by atoms with Crippen LogP contribution in [0, 0.1) is 0 Å². The number of nitrogens with one attached hydrogen (secondary N) is 2. The first kappa shape index (κ1) is 18.5. The number of hydrogen-bond donors (Lipinski definition) is 2. The average Bonchev–Trinajstić information content (AvgIpc) is 2.78. The second-order valence-electron chi connectivity index (χ2n) is 7.51. The van der Waals surface area contributed by atoms with Crippen LogP contribution >= 0.6 is 0 Å². The molecule has 3 heterocycles. The summed E-state index contributed by atoms with van der Waals surface area (Å²) in [6.07, 6.45) is 9.13. The van der Waals surface area contributed by atoms with Crippen LogP contribution in [0.2, 0.25) is 0 Å². The van der Waals surface area contributed by atoms with Crippen molar-refractivity contribution in [3.8, 4) is 5.75 Å². The van der Waals surface area contributed by atoms with E-state index in [-0.39, 0.29) is 0 Å². The Bertz CT molecular complexity index is 1090. The van der Waals surface area contributed by atoms with Crippen LogP contribution in [0.3, 0.4) is 0 Å². The van der Waals surface area contributed by atoms with Gasteiger partial charge in [0, 0.05) is 29.2 Å². The number of benzene rings is 2. The van der Waals surface area contributed by atoms with Gasteiger partial charge in [-0.05, 0) is 37.1 Å². The Hall–Kier alpha value is -3.48. The van der Waals surface area contributed by atoms with Gasteiger partial charge in [-0.2, -0.15) is 0 Å². The molecule has 4 aromatic rings. The molecule has 2 aromatic carbocycles. The van der Waals surface area contributed by atoms with Crippen LogP contribution in [-0.4, -0.2) is 33.1 Å².